The van der Waals surface area contributed by atoms with E-state index in [1.807, 2.05) is 7.05 Å². The largest absolute Gasteiger partial charge is 0.379 e. The summed E-state index contributed by atoms with van der Waals surface area (Å²) in [5.41, 5.74) is 0. The number of nitrogens with zero attached hydrogens (tertiary/aromatic N) is 3. The second-order valence-electron chi connectivity index (χ2n) is 6.98. The predicted molar refractivity (Wildman–Crippen MR) is 108 cm³/mol. The summed E-state index contributed by atoms with van der Waals surface area (Å²) in [6.07, 6.45) is 5.44. The van der Waals surface area contributed by atoms with Crippen LogP contribution in [0, 0.1) is 11.8 Å². The molecule has 2 fully saturated rings. The van der Waals surface area contributed by atoms with Crippen LogP contribution < -0.4 is 5.32 Å². The highest BCUT2D eigenvalue weighted by Crippen LogP contribution is 2.28. The lowest BCUT2D eigenvalue weighted by Gasteiger charge is -2.25. The molecule has 1 heterocycles. The van der Waals surface area contributed by atoms with Gasteiger partial charge in [-0.2, -0.15) is 0 Å². The second-order valence-corrected chi connectivity index (χ2v) is 6.98. The third-order valence-corrected chi connectivity index (χ3v) is 4.57. The van der Waals surface area contributed by atoms with Crippen molar-refractivity contribution in [2.45, 2.75) is 32.6 Å². The lowest BCUT2D eigenvalue weighted by atomic mass is 10.1. The number of aliphatic imine (C=N–C) groups is 1. The zero-order chi connectivity index (χ0) is 15.8. The molecule has 23 heavy (non-hydrogen) atoms. The van der Waals surface area contributed by atoms with E-state index in [2.05, 4.69) is 34.1 Å². The molecular weight excluding hydrogens is 403 g/mol. The Hall–Kier alpha value is -0.0800. The first-order chi connectivity index (χ1) is 10.7. The fraction of sp³-hybridized carbons (Fsp3) is 0.941. The standard InChI is InChI=1S/C17H34N4O.HI/c1-15(13-21-8-4-5-9-21)12-19-17(18-2)20(3)10-11-22-14-16-6-7-16;/h15-16H,4-14H2,1-3H3,(H,18,19);1H. The number of halogens is 1. The van der Waals surface area contributed by atoms with Crippen molar-refractivity contribution in [3.05, 3.63) is 0 Å². The lowest BCUT2D eigenvalue weighted by Crippen LogP contribution is -2.43. The first kappa shape index (κ1) is 21.0. The molecule has 0 bridgehead atoms. The van der Waals surface area contributed by atoms with Crippen molar-refractivity contribution in [3.63, 3.8) is 0 Å². The maximum absolute atomic E-state index is 5.71. The van der Waals surface area contributed by atoms with Crippen LogP contribution in [0.2, 0.25) is 0 Å². The lowest BCUT2D eigenvalue weighted by molar-refractivity contribution is 0.115. The van der Waals surface area contributed by atoms with Crippen molar-refractivity contribution in [2.24, 2.45) is 16.8 Å². The third-order valence-electron chi connectivity index (χ3n) is 4.57. The number of rotatable bonds is 9. The average Bonchev–Trinajstić information content (AvgIpc) is 3.20. The van der Waals surface area contributed by atoms with Crippen molar-refractivity contribution < 1.29 is 4.74 Å². The van der Waals surface area contributed by atoms with Crippen molar-refractivity contribution in [3.8, 4) is 0 Å². The molecular formula is C17H35IN4O. The van der Waals surface area contributed by atoms with Gasteiger partial charge in [-0.1, -0.05) is 6.92 Å². The highest BCUT2D eigenvalue weighted by Gasteiger charge is 2.21. The minimum atomic E-state index is 0. The highest BCUT2D eigenvalue weighted by atomic mass is 127. The third kappa shape index (κ3) is 8.54. The number of likely N-dealkylation sites (N-methyl/N-ethyl adjacent to an activating group) is 1. The van der Waals surface area contributed by atoms with Gasteiger partial charge in [-0.15, -0.1) is 24.0 Å². The van der Waals surface area contributed by atoms with Crippen LogP contribution in [0.3, 0.4) is 0 Å². The van der Waals surface area contributed by atoms with Crippen molar-refractivity contribution in [1.82, 2.24) is 15.1 Å². The van der Waals surface area contributed by atoms with Gasteiger partial charge in [0.2, 0.25) is 0 Å². The Morgan fingerprint density at radius 1 is 1.35 bits per heavy atom. The molecule has 1 saturated carbocycles. The molecule has 0 aromatic heterocycles. The average molecular weight is 438 g/mol. The topological polar surface area (TPSA) is 40.1 Å². The molecule has 2 aliphatic rings. The zero-order valence-corrected chi connectivity index (χ0v) is 17.4. The van der Waals surface area contributed by atoms with Crippen molar-refractivity contribution >= 4 is 29.9 Å². The summed E-state index contributed by atoms with van der Waals surface area (Å²) in [6, 6.07) is 0. The quantitative estimate of drug-likeness (QED) is 0.260. The zero-order valence-electron chi connectivity index (χ0n) is 15.1. The summed E-state index contributed by atoms with van der Waals surface area (Å²) < 4.78 is 5.71. The summed E-state index contributed by atoms with van der Waals surface area (Å²) in [6.45, 7) is 9.66. The Kier molecular flexibility index (Phi) is 10.5. The van der Waals surface area contributed by atoms with Crippen LogP contribution in [0.1, 0.15) is 32.6 Å². The molecule has 0 spiro atoms. The number of ether oxygens (including phenoxy) is 1. The molecule has 136 valence electrons. The van der Waals surface area contributed by atoms with E-state index in [1.54, 1.807) is 0 Å². The number of likely N-dealkylation sites (tertiary alicyclic amines) is 1. The molecule has 1 aliphatic heterocycles. The molecule has 5 nitrogen and oxygen atoms in total. The molecule has 0 radical (unpaired) electrons. The van der Waals surface area contributed by atoms with E-state index in [0.29, 0.717) is 5.92 Å². The number of nitrogens with one attached hydrogen (secondary N) is 1. The number of guanidine groups is 1. The molecule has 1 atom stereocenters. The Bertz CT molecular complexity index is 343. The summed E-state index contributed by atoms with van der Waals surface area (Å²) >= 11 is 0. The molecule has 0 aromatic carbocycles. The molecule has 0 amide bonds. The minimum absolute atomic E-state index is 0. The van der Waals surface area contributed by atoms with E-state index >= 15 is 0 Å². The van der Waals surface area contributed by atoms with Gasteiger partial charge >= 0.3 is 0 Å². The SMILES string of the molecule is CN=C(NCC(C)CN1CCCC1)N(C)CCOCC1CC1.I. The molecule has 1 unspecified atom stereocenters. The molecule has 1 saturated heterocycles. The first-order valence-corrected chi connectivity index (χ1v) is 8.91. The maximum Gasteiger partial charge on any atom is 0.193 e. The van der Waals surface area contributed by atoms with Gasteiger partial charge in [0.25, 0.3) is 0 Å². The Balaban J connectivity index is 0.00000264. The fourth-order valence-corrected chi connectivity index (χ4v) is 2.96. The monoisotopic (exact) mass is 438 g/mol. The summed E-state index contributed by atoms with van der Waals surface area (Å²) in [4.78, 5) is 9.12. The van der Waals surface area contributed by atoms with Gasteiger partial charge in [-0.25, -0.2) is 0 Å². The Morgan fingerprint density at radius 2 is 2.04 bits per heavy atom. The van der Waals surface area contributed by atoms with Gasteiger partial charge in [-0.05, 0) is 50.6 Å². The van der Waals surface area contributed by atoms with Crippen molar-refractivity contribution in [2.75, 3.05) is 60.0 Å². The molecule has 6 heteroatoms. The van der Waals surface area contributed by atoms with E-state index in [9.17, 15) is 0 Å². The van der Waals surface area contributed by atoms with Crippen LogP contribution in [-0.2, 0) is 4.74 Å². The van der Waals surface area contributed by atoms with Crippen LogP contribution in [0.15, 0.2) is 4.99 Å². The van der Waals surface area contributed by atoms with Crippen LogP contribution in [-0.4, -0.2) is 75.8 Å². The predicted octanol–water partition coefficient (Wildman–Crippen LogP) is 2.27. The van der Waals surface area contributed by atoms with Gasteiger partial charge < -0.3 is 19.9 Å². The number of hydrogen-bond acceptors (Lipinski definition) is 3. The van der Waals surface area contributed by atoms with Gasteiger partial charge in [0.1, 0.15) is 0 Å². The maximum atomic E-state index is 5.71. The van der Waals surface area contributed by atoms with Crippen LogP contribution in [0.25, 0.3) is 0 Å². The molecule has 2 rings (SSSR count). The number of hydrogen-bond donors (Lipinski definition) is 1. The van der Waals surface area contributed by atoms with Crippen LogP contribution in [0.5, 0.6) is 0 Å². The van der Waals surface area contributed by atoms with Gasteiger partial charge in [0.15, 0.2) is 5.96 Å². The van der Waals surface area contributed by atoms with Gasteiger partial charge in [0.05, 0.1) is 6.61 Å². The first-order valence-electron chi connectivity index (χ1n) is 8.91. The van der Waals surface area contributed by atoms with E-state index in [4.69, 9.17) is 4.74 Å². The smallest absolute Gasteiger partial charge is 0.193 e. The highest BCUT2D eigenvalue weighted by molar-refractivity contribution is 14.0. The Labute approximate surface area is 159 Å². The summed E-state index contributed by atoms with van der Waals surface area (Å²) in [5.74, 6) is 2.46. The fourth-order valence-electron chi connectivity index (χ4n) is 2.96. The van der Waals surface area contributed by atoms with Gasteiger partial charge in [0, 0.05) is 40.3 Å². The van der Waals surface area contributed by atoms with Crippen LogP contribution >= 0.6 is 24.0 Å². The summed E-state index contributed by atoms with van der Waals surface area (Å²) in [5, 5.41) is 3.50. The van der Waals surface area contributed by atoms with E-state index in [1.165, 1.54) is 45.3 Å². The normalized spacial score (nSPS) is 20.2. The van der Waals surface area contributed by atoms with E-state index in [0.717, 1.165) is 38.2 Å². The van der Waals surface area contributed by atoms with Crippen molar-refractivity contribution in [1.29, 1.82) is 0 Å². The van der Waals surface area contributed by atoms with Gasteiger partial charge in [-0.3, -0.25) is 4.99 Å². The van der Waals surface area contributed by atoms with E-state index in [-0.39, 0.29) is 24.0 Å². The molecule has 1 aliphatic carbocycles. The Morgan fingerprint density at radius 3 is 2.65 bits per heavy atom. The van der Waals surface area contributed by atoms with Crippen LogP contribution in [0.4, 0.5) is 0 Å². The second kappa shape index (κ2) is 11.5. The molecule has 0 aromatic rings. The minimum Gasteiger partial charge on any atom is -0.379 e. The van der Waals surface area contributed by atoms with E-state index < -0.39 is 0 Å². The molecule has 1 N–H and O–H groups in total. The summed E-state index contributed by atoms with van der Waals surface area (Å²) in [7, 11) is 3.94.